The molecule has 21 heavy (non-hydrogen) atoms. The zero-order valence-electron chi connectivity index (χ0n) is 13.2. The number of rotatable bonds is 11. The standard InChI is InChI=1S/C16H28N2O2S/c1-3-5-6-9-13-18-21(19,20)16-11-8-7-10-15(16)14-17-12-4-2/h7-8,10-11,17-18H,3-6,9,12-14H2,1-2H3. The monoisotopic (exact) mass is 312 g/mol. The van der Waals surface area contributed by atoms with Crippen LogP contribution >= 0.6 is 0 Å². The third kappa shape index (κ3) is 6.59. The fourth-order valence-electron chi connectivity index (χ4n) is 2.15. The molecule has 0 unspecified atom stereocenters. The van der Waals surface area contributed by atoms with Gasteiger partial charge in [-0.3, -0.25) is 0 Å². The molecule has 0 heterocycles. The van der Waals surface area contributed by atoms with Crippen molar-refractivity contribution < 1.29 is 8.42 Å². The predicted octanol–water partition coefficient (Wildman–Crippen LogP) is 3.04. The van der Waals surface area contributed by atoms with Gasteiger partial charge in [-0.2, -0.15) is 0 Å². The first-order valence-corrected chi connectivity index (χ1v) is 9.38. The summed E-state index contributed by atoms with van der Waals surface area (Å²) in [5, 5.41) is 3.26. The third-order valence-electron chi connectivity index (χ3n) is 3.33. The van der Waals surface area contributed by atoms with Crippen LogP contribution in [-0.4, -0.2) is 21.5 Å². The first kappa shape index (κ1) is 18.1. The van der Waals surface area contributed by atoms with E-state index in [1.54, 1.807) is 12.1 Å². The van der Waals surface area contributed by atoms with Crippen LogP contribution in [0.4, 0.5) is 0 Å². The Labute approximate surface area is 129 Å². The first-order valence-electron chi connectivity index (χ1n) is 7.90. The van der Waals surface area contributed by atoms with Gasteiger partial charge in [0.05, 0.1) is 4.90 Å². The second kappa shape index (κ2) is 9.92. The number of hydrogen-bond donors (Lipinski definition) is 2. The van der Waals surface area contributed by atoms with Gasteiger partial charge in [0.2, 0.25) is 10.0 Å². The quantitative estimate of drug-likeness (QED) is 0.617. The number of sulfonamides is 1. The molecule has 0 atom stereocenters. The fraction of sp³-hybridized carbons (Fsp3) is 0.625. The highest BCUT2D eigenvalue weighted by molar-refractivity contribution is 7.89. The highest BCUT2D eigenvalue weighted by Gasteiger charge is 2.16. The molecule has 0 saturated carbocycles. The van der Waals surface area contributed by atoms with Gasteiger partial charge in [-0.25, -0.2) is 13.1 Å². The number of benzene rings is 1. The molecule has 0 spiro atoms. The van der Waals surface area contributed by atoms with Crippen molar-refractivity contribution in [3.63, 3.8) is 0 Å². The zero-order valence-corrected chi connectivity index (χ0v) is 14.0. The van der Waals surface area contributed by atoms with E-state index in [9.17, 15) is 8.42 Å². The SMILES string of the molecule is CCCCCCNS(=O)(=O)c1ccccc1CNCCC. The van der Waals surface area contributed by atoms with Crippen molar-refractivity contribution in [3.05, 3.63) is 29.8 Å². The van der Waals surface area contributed by atoms with Crippen molar-refractivity contribution in [1.29, 1.82) is 0 Å². The molecule has 2 N–H and O–H groups in total. The molecule has 0 fully saturated rings. The van der Waals surface area contributed by atoms with Gasteiger partial charge in [-0.1, -0.05) is 51.3 Å². The Hall–Kier alpha value is -0.910. The van der Waals surface area contributed by atoms with E-state index >= 15 is 0 Å². The summed E-state index contributed by atoms with van der Waals surface area (Å²) in [6.07, 6.45) is 5.30. The van der Waals surface area contributed by atoms with Crippen molar-refractivity contribution in [1.82, 2.24) is 10.0 Å². The molecule has 0 bridgehead atoms. The lowest BCUT2D eigenvalue weighted by Crippen LogP contribution is -2.27. The Balaban J connectivity index is 2.64. The van der Waals surface area contributed by atoms with Crippen LogP contribution in [-0.2, 0) is 16.6 Å². The van der Waals surface area contributed by atoms with Crippen LogP contribution in [0.5, 0.6) is 0 Å². The molecule has 1 aromatic rings. The van der Waals surface area contributed by atoms with E-state index in [-0.39, 0.29) is 0 Å². The molecular formula is C16H28N2O2S. The minimum atomic E-state index is -3.41. The van der Waals surface area contributed by atoms with E-state index in [0.717, 1.165) is 44.2 Å². The summed E-state index contributed by atoms with van der Waals surface area (Å²) >= 11 is 0. The lowest BCUT2D eigenvalue weighted by molar-refractivity contribution is 0.571. The Morgan fingerprint density at radius 2 is 1.71 bits per heavy atom. The van der Waals surface area contributed by atoms with E-state index in [2.05, 4.69) is 23.9 Å². The number of nitrogens with one attached hydrogen (secondary N) is 2. The van der Waals surface area contributed by atoms with Gasteiger partial charge < -0.3 is 5.32 Å². The Morgan fingerprint density at radius 1 is 0.952 bits per heavy atom. The molecule has 5 heteroatoms. The van der Waals surface area contributed by atoms with Crippen LogP contribution in [0.3, 0.4) is 0 Å². The summed E-state index contributed by atoms with van der Waals surface area (Å²) < 4.78 is 27.5. The van der Waals surface area contributed by atoms with Crippen LogP contribution < -0.4 is 10.0 Å². The number of hydrogen-bond acceptors (Lipinski definition) is 3. The largest absolute Gasteiger partial charge is 0.313 e. The summed E-state index contributed by atoms with van der Waals surface area (Å²) in [6.45, 7) is 6.22. The Kier molecular flexibility index (Phi) is 8.57. The molecule has 0 aliphatic carbocycles. The summed E-state index contributed by atoms with van der Waals surface area (Å²) in [5.74, 6) is 0. The normalized spacial score (nSPS) is 11.7. The van der Waals surface area contributed by atoms with Crippen LogP contribution in [0, 0.1) is 0 Å². The molecule has 0 aliphatic heterocycles. The minimum absolute atomic E-state index is 0.393. The summed E-state index contributed by atoms with van der Waals surface area (Å²) in [7, 11) is -3.41. The van der Waals surface area contributed by atoms with Gasteiger partial charge in [-0.15, -0.1) is 0 Å². The fourth-order valence-corrected chi connectivity index (χ4v) is 3.46. The van der Waals surface area contributed by atoms with E-state index in [1.807, 2.05) is 12.1 Å². The van der Waals surface area contributed by atoms with Crippen molar-refractivity contribution in [2.24, 2.45) is 0 Å². The van der Waals surface area contributed by atoms with E-state index in [1.165, 1.54) is 0 Å². The first-order chi connectivity index (χ1) is 10.1. The average Bonchev–Trinajstić information content (AvgIpc) is 2.48. The van der Waals surface area contributed by atoms with E-state index in [0.29, 0.717) is 18.0 Å². The van der Waals surface area contributed by atoms with Gasteiger partial charge in [0.1, 0.15) is 0 Å². The highest BCUT2D eigenvalue weighted by Crippen LogP contribution is 2.15. The molecule has 0 amide bonds. The lowest BCUT2D eigenvalue weighted by atomic mass is 10.2. The second-order valence-corrected chi connectivity index (χ2v) is 6.98. The van der Waals surface area contributed by atoms with Crippen LogP contribution in [0.15, 0.2) is 29.2 Å². The molecule has 0 saturated heterocycles. The zero-order chi connectivity index (χ0) is 15.6. The summed E-state index contributed by atoms with van der Waals surface area (Å²) in [5.41, 5.74) is 0.826. The maximum absolute atomic E-state index is 12.4. The van der Waals surface area contributed by atoms with Gasteiger partial charge >= 0.3 is 0 Å². The molecule has 1 rings (SSSR count). The molecule has 1 aromatic carbocycles. The molecule has 0 radical (unpaired) electrons. The smallest absolute Gasteiger partial charge is 0.240 e. The van der Waals surface area contributed by atoms with Crippen LogP contribution in [0.1, 0.15) is 51.5 Å². The maximum Gasteiger partial charge on any atom is 0.240 e. The van der Waals surface area contributed by atoms with Gasteiger partial charge in [0.25, 0.3) is 0 Å². The predicted molar refractivity (Wildman–Crippen MR) is 87.8 cm³/mol. The van der Waals surface area contributed by atoms with Crippen molar-refractivity contribution in [2.45, 2.75) is 57.4 Å². The Morgan fingerprint density at radius 3 is 2.43 bits per heavy atom. The number of unbranched alkanes of at least 4 members (excludes halogenated alkanes) is 3. The molecule has 0 aromatic heterocycles. The Bertz CT molecular complexity index is 501. The maximum atomic E-state index is 12.4. The van der Waals surface area contributed by atoms with E-state index < -0.39 is 10.0 Å². The van der Waals surface area contributed by atoms with Crippen LogP contribution in [0.25, 0.3) is 0 Å². The second-order valence-electron chi connectivity index (χ2n) is 5.24. The van der Waals surface area contributed by atoms with Crippen molar-refractivity contribution in [2.75, 3.05) is 13.1 Å². The van der Waals surface area contributed by atoms with Gasteiger partial charge in [0, 0.05) is 13.1 Å². The molecule has 120 valence electrons. The summed E-state index contributed by atoms with van der Waals surface area (Å²) in [4.78, 5) is 0.393. The minimum Gasteiger partial charge on any atom is -0.313 e. The average molecular weight is 312 g/mol. The van der Waals surface area contributed by atoms with Gasteiger partial charge in [0.15, 0.2) is 0 Å². The molecule has 0 aliphatic rings. The van der Waals surface area contributed by atoms with Gasteiger partial charge in [-0.05, 0) is 31.0 Å². The van der Waals surface area contributed by atoms with Crippen LogP contribution in [0.2, 0.25) is 0 Å². The molecule has 4 nitrogen and oxygen atoms in total. The third-order valence-corrected chi connectivity index (χ3v) is 4.89. The van der Waals surface area contributed by atoms with Crippen molar-refractivity contribution >= 4 is 10.0 Å². The molecular weight excluding hydrogens is 284 g/mol. The highest BCUT2D eigenvalue weighted by atomic mass is 32.2. The topological polar surface area (TPSA) is 58.2 Å². The summed E-state index contributed by atoms with van der Waals surface area (Å²) in [6, 6.07) is 7.20. The van der Waals surface area contributed by atoms with Crippen molar-refractivity contribution in [3.8, 4) is 0 Å². The lowest BCUT2D eigenvalue weighted by Gasteiger charge is -2.12. The van der Waals surface area contributed by atoms with E-state index in [4.69, 9.17) is 0 Å².